The third-order valence-corrected chi connectivity index (χ3v) is 3.38. The van der Waals surface area contributed by atoms with Gasteiger partial charge in [0.1, 0.15) is 0 Å². The molecule has 0 saturated heterocycles. The maximum atomic E-state index is 11.3. The van der Waals surface area contributed by atoms with E-state index in [-0.39, 0.29) is 0 Å². The van der Waals surface area contributed by atoms with Gasteiger partial charge in [-0.25, -0.2) is 9.78 Å². The number of hydrogen-bond acceptors (Lipinski definition) is 4. The first-order chi connectivity index (χ1) is 8.56. The fourth-order valence-corrected chi connectivity index (χ4v) is 2.25. The topological polar surface area (TPSA) is 62.2 Å². The van der Waals surface area contributed by atoms with E-state index in [2.05, 4.69) is 10.3 Å². The van der Waals surface area contributed by atoms with Crippen LogP contribution >= 0.6 is 22.9 Å². The van der Waals surface area contributed by atoms with Crippen LogP contribution in [0.25, 0.3) is 0 Å². The van der Waals surface area contributed by atoms with Crippen molar-refractivity contribution in [2.75, 3.05) is 5.32 Å². The van der Waals surface area contributed by atoms with Gasteiger partial charge in [0.25, 0.3) is 0 Å². The summed E-state index contributed by atoms with van der Waals surface area (Å²) in [5.41, 5.74) is 1.21. The molecule has 4 nitrogen and oxygen atoms in total. The summed E-state index contributed by atoms with van der Waals surface area (Å²) in [6, 6.07) is 6.02. The Balaban J connectivity index is 2.22. The zero-order valence-electron chi connectivity index (χ0n) is 9.55. The number of carboxylic acids is 1. The Hall–Kier alpha value is -1.59. The van der Waals surface area contributed by atoms with E-state index in [4.69, 9.17) is 11.6 Å². The Morgan fingerprint density at radius 1 is 1.44 bits per heavy atom. The largest absolute Gasteiger partial charge is 0.479 e. The number of nitrogens with one attached hydrogen (secondary N) is 1. The van der Waals surface area contributed by atoms with Crippen LogP contribution in [0.4, 0.5) is 5.69 Å². The fraction of sp³-hybridized carbons (Fsp3) is 0.167. The molecule has 2 N–H and O–H groups in total. The molecule has 2 aromatic rings. The van der Waals surface area contributed by atoms with Gasteiger partial charge in [-0.3, -0.25) is 0 Å². The van der Waals surface area contributed by atoms with Crippen LogP contribution in [0.3, 0.4) is 0 Å². The van der Waals surface area contributed by atoms with Crippen molar-refractivity contribution in [3.63, 3.8) is 0 Å². The molecule has 0 bridgehead atoms. The van der Waals surface area contributed by atoms with Crippen LogP contribution in [0.15, 0.2) is 29.6 Å². The van der Waals surface area contributed by atoms with Crippen molar-refractivity contribution < 1.29 is 9.90 Å². The maximum Gasteiger partial charge on any atom is 0.332 e. The average molecular weight is 283 g/mol. The SMILES string of the molecule is Cc1nc(C(Nc2ccc(Cl)cc2)C(=O)O)cs1. The number of carbonyl (C=O) groups is 1. The van der Waals surface area contributed by atoms with E-state index >= 15 is 0 Å². The quantitative estimate of drug-likeness (QED) is 0.903. The minimum atomic E-state index is -0.963. The molecule has 6 heteroatoms. The maximum absolute atomic E-state index is 11.3. The molecule has 94 valence electrons. The Bertz CT molecular complexity index is 553. The van der Waals surface area contributed by atoms with E-state index in [1.807, 2.05) is 6.92 Å². The lowest BCUT2D eigenvalue weighted by atomic mass is 10.2. The molecule has 0 amide bonds. The van der Waals surface area contributed by atoms with Gasteiger partial charge >= 0.3 is 5.97 Å². The number of aromatic nitrogens is 1. The summed E-state index contributed by atoms with van der Waals surface area (Å²) in [4.78, 5) is 15.5. The molecule has 0 aliphatic heterocycles. The van der Waals surface area contributed by atoms with Crippen LogP contribution < -0.4 is 5.32 Å². The van der Waals surface area contributed by atoms with Gasteiger partial charge in [0, 0.05) is 16.1 Å². The van der Waals surface area contributed by atoms with Crippen molar-refractivity contribution in [2.24, 2.45) is 0 Å². The molecule has 0 radical (unpaired) electrons. The summed E-state index contributed by atoms with van der Waals surface area (Å²) >= 11 is 7.20. The molecule has 0 fully saturated rings. The normalized spacial score (nSPS) is 12.1. The Labute approximate surface area is 113 Å². The van der Waals surface area contributed by atoms with E-state index in [1.165, 1.54) is 11.3 Å². The first-order valence-electron chi connectivity index (χ1n) is 5.23. The Kier molecular flexibility index (Phi) is 3.84. The smallest absolute Gasteiger partial charge is 0.332 e. The minimum Gasteiger partial charge on any atom is -0.479 e. The molecule has 2 rings (SSSR count). The van der Waals surface area contributed by atoms with Gasteiger partial charge in [-0.1, -0.05) is 11.6 Å². The summed E-state index contributed by atoms with van der Waals surface area (Å²) in [6.07, 6.45) is 0. The fourth-order valence-electron chi connectivity index (χ4n) is 1.49. The monoisotopic (exact) mass is 282 g/mol. The number of aryl methyl sites for hydroxylation is 1. The number of aliphatic carboxylic acids is 1. The van der Waals surface area contributed by atoms with E-state index in [0.717, 1.165) is 5.01 Å². The summed E-state index contributed by atoms with van der Waals surface area (Å²) in [7, 11) is 0. The predicted octanol–water partition coefficient (Wildman–Crippen LogP) is 3.34. The van der Waals surface area contributed by atoms with Crippen LogP contribution in [-0.2, 0) is 4.79 Å². The summed E-state index contributed by atoms with van der Waals surface area (Å²) in [6.45, 7) is 1.84. The zero-order chi connectivity index (χ0) is 13.1. The minimum absolute atomic E-state index is 0.514. The number of carboxylic acid groups (broad SMARTS) is 1. The molecule has 0 saturated carbocycles. The van der Waals surface area contributed by atoms with Crippen molar-refractivity contribution in [1.29, 1.82) is 0 Å². The second-order valence-corrected chi connectivity index (χ2v) is 5.21. The van der Waals surface area contributed by atoms with Gasteiger partial charge in [0.15, 0.2) is 6.04 Å². The summed E-state index contributed by atoms with van der Waals surface area (Å²) < 4.78 is 0. The molecule has 1 unspecified atom stereocenters. The van der Waals surface area contributed by atoms with Crippen molar-refractivity contribution in [2.45, 2.75) is 13.0 Å². The van der Waals surface area contributed by atoms with Crippen LogP contribution in [0.5, 0.6) is 0 Å². The highest BCUT2D eigenvalue weighted by Gasteiger charge is 2.22. The van der Waals surface area contributed by atoms with Crippen molar-refractivity contribution in [3.05, 3.63) is 45.4 Å². The third kappa shape index (κ3) is 3.00. The predicted molar refractivity (Wildman–Crippen MR) is 72.3 cm³/mol. The number of anilines is 1. The van der Waals surface area contributed by atoms with E-state index in [9.17, 15) is 9.90 Å². The lowest BCUT2D eigenvalue weighted by Crippen LogP contribution is -2.20. The van der Waals surface area contributed by atoms with E-state index in [0.29, 0.717) is 16.4 Å². The van der Waals surface area contributed by atoms with Gasteiger partial charge in [-0.05, 0) is 31.2 Å². The molecule has 1 heterocycles. The molecule has 1 aromatic carbocycles. The Morgan fingerprint density at radius 3 is 2.61 bits per heavy atom. The van der Waals surface area contributed by atoms with Gasteiger partial charge in [0.2, 0.25) is 0 Å². The highest BCUT2D eigenvalue weighted by molar-refractivity contribution is 7.09. The lowest BCUT2D eigenvalue weighted by Gasteiger charge is -2.13. The molecular weight excluding hydrogens is 272 g/mol. The molecule has 0 spiro atoms. The standard InChI is InChI=1S/C12H11ClN2O2S/c1-7-14-10(6-18-7)11(12(16)17)15-9-4-2-8(13)3-5-9/h2-6,11,15H,1H3,(H,16,17). The molecule has 1 aromatic heterocycles. The summed E-state index contributed by atoms with van der Waals surface area (Å²) in [5, 5.41) is 15.3. The number of benzene rings is 1. The number of thiazole rings is 1. The molecule has 0 aliphatic carbocycles. The van der Waals surface area contributed by atoms with E-state index in [1.54, 1.807) is 29.6 Å². The molecule has 1 atom stereocenters. The van der Waals surface area contributed by atoms with Crippen molar-refractivity contribution >= 4 is 34.6 Å². The van der Waals surface area contributed by atoms with Gasteiger partial charge in [0.05, 0.1) is 10.7 Å². The second kappa shape index (κ2) is 5.37. The van der Waals surface area contributed by atoms with Crippen molar-refractivity contribution in [3.8, 4) is 0 Å². The number of halogens is 1. The molecular formula is C12H11ClN2O2S. The van der Waals surface area contributed by atoms with Gasteiger partial charge in [-0.2, -0.15) is 0 Å². The van der Waals surface area contributed by atoms with Crippen LogP contribution in [0, 0.1) is 6.92 Å². The first-order valence-corrected chi connectivity index (χ1v) is 6.49. The highest BCUT2D eigenvalue weighted by Crippen LogP contribution is 2.22. The number of nitrogens with zero attached hydrogens (tertiary/aromatic N) is 1. The third-order valence-electron chi connectivity index (χ3n) is 2.33. The Morgan fingerprint density at radius 2 is 2.11 bits per heavy atom. The molecule has 18 heavy (non-hydrogen) atoms. The van der Waals surface area contributed by atoms with Crippen molar-refractivity contribution in [1.82, 2.24) is 4.98 Å². The van der Waals surface area contributed by atoms with Crippen LogP contribution in [0.2, 0.25) is 5.02 Å². The first kappa shape index (κ1) is 12.9. The lowest BCUT2D eigenvalue weighted by molar-refractivity contribution is -0.138. The zero-order valence-corrected chi connectivity index (χ0v) is 11.1. The second-order valence-electron chi connectivity index (χ2n) is 3.71. The van der Waals surface area contributed by atoms with Crippen LogP contribution in [-0.4, -0.2) is 16.1 Å². The van der Waals surface area contributed by atoms with Crippen LogP contribution in [0.1, 0.15) is 16.7 Å². The highest BCUT2D eigenvalue weighted by atomic mass is 35.5. The number of rotatable bonds is 4. The van der Waals surface area contributed by atoms with Gasteiger partial charge < -0.3 is 10.4 Å². The van der Waals surface area contributed by atoms with Gasteiger partial charge in [-0.15, -0.1) is 11.3 Å². The summed E-state index contributed by atoms with van der Waals surface area (Å²) in [5.74, 6) is -0.963. The average Bonchev–Trinajstić information content (AvgIpc) is 2.74. The molecule has 0 aliphatic rings. The number of hydrogen-bond donors (Lipinski definition) is 2. The van der Waals surface area contributed by atoms with E-state index < -0.39 is 12.0 Å².